The first-order chi connectivity index (χ1) is 11.1. The summed E-state index contributed by atoms with van der Waals surface area (Å²) in [6, 6.07) is 9.64. The highest BCUT2D eigenvalue weighted by molar-refractivity contribution is 5.73. The predicted octanol–water partition coefficient (Wildman–Crippen LogP) is 3.92. The minimum absolute atomic E-state index is 0.125. The zero-order valence-electron chi connectivity index (χ0n) is 12.0. The Hall–Kier alpha value is -2.76. The Morgan fingerprint density at radius 2 is 1.83 bits per heavy atom. The Morgan fingerprint density at radius 1 is 1.00 bits per heavy atom. The summed E-state index contributed by atoms with van der Waals surface area (Å²) in [4.78, 5) is 0. The molecule has 0 fully saturated rings. The topological polar surface area (TPSA) is 29.9 Å². The molecule has 1 N–H and O–H groups in total. The van der Waals surface area contributed by atoms with Crippen molar-refractivity contribution in [3.8, 4) is 16.9 Å². The number of halogens is 3. The van der Waals surface area contributed by atoms with Crippen LogP contribution < -0.4 is 5.32 Å². The van der Waals surface area contributed by atoms with Crippen LogP contribution in [0.2, 0.25) is 0 Å². The van der Waals surface area contributed by atoms with Gasteiger partial charge in [-0.05, 0) is 30.7 Å². The van der Waals surface area contributed by atoms with Gasteiger partial charge in [0.05, 0.1) is 0 Å². The molecule has 116 valence electrons. The number of aromatic nitrogens is 2. The summed E-state index contributed by atoms with van der Waals surface area (Å²) in [5.41, 5.74) is 1.80. The van der Waals surface area contributed by atoms with Gasteiger partial charge in [0.25, 0.3) is 0 Å². The number of rotatable bonds is 2. The maximum absolute atomic E-state index is 14.1. The molecule has 3 nitrogen and oxygen atoms in total. The third-order valence-electron chi connectivity index (χ3n) is 3.92. The maximum atomic E-state index is 14.1. The Balaban J connectivity index is 1.94. The van der Waals surface area contributed by atoms with Crippen molar-refractivity contribution in [2.24, 2.45) is 0 Å². The first kappa shape index (κ1) is 13.9. The molecule has 0 atom stereocenters. The molecule has 0 saturated heterocycles. The summed E-state index contributed by atoms with van der Waals surface area (Å²) < 4.78 is 42.7. The smallest absolute Gasteiger partial charge is 0.151 e. The van der Waals surface area contributed by atoms with Crippen molar-refractivity contribution in [3.05, 3.63) is 65.5 Å². The molecular formula is C17H12F3N3. The van der Waals surface area contributed by atoms with Crippen LogP contribution in [0.4, 0.5) is 19.0 Å². The van der Waals surface area contributed by atoms with Gasteiger partial charge in [0, 0.05) is 23.7 Å². The van der Waals surface area contributed by atoms with Crippen molar-refractivity contribution in [2.45, 2.75) is 6.42 Å². The van der Waals surface area contributed by atoms with Gasteiger partial charge in [0.15, 0.2) is 5.82 Å². The summed E-state index contributed by atoms with van der Waals surface area (Å²) in [6.45, 7) is 0.664. The standard InChI is InChI=1S/C17H12F3N3/c18-10-5-6-15(14(20)9-10)23-17-12(7-8-21-17)16(22-23)11-3-1-2-4-13(11)19/h1-6,9,21H,7-8H2. The molecule has 1 aromatic heterocycles. The SMILES string of the molecule is Fc1ccc(-n2nc(-c3ccccc3F)c3c2NCC3)c(F)c1. The molecule has 0 unspecified atom stereocenters. The van der Waals surface area contributed by atoms with Crippen LogP contribution in [0.15, 0.2) is 42.5 Å². The number of benzene rings is 2. The van der Waals surface area contributed by atoms with Gasteiger partial charge >= 0.3 is 0 Å². The number of nitrogens with one attached hydrogen (secondary N) is 1. The summed E-state index contributed by atoms with van der Waals surface area (Å²) in [5.74, 6) is -1.14. The lowest BCUT2D eigenvalue weighted by atomic mass is 10.1. The van der Waals surface area contributed by atoms with Gasteiger partial charge < -0.3 is 5.32 Å². The number of anilines is 1. The summed E-state index contributed by atoms with van der Waals surface area (Å²) >= 11 is 0. The lowest BCUT2D eigenvalue weighted by Crippen LogP contribution is -2.06. The zero-order valence-corrected chi connectivity index (χ0v) is 12.0. The molecule has 0 saturated carbocycles. The molecule has 23 heavy (non-hydrogen) atoms. The quantitative estimate of drug-likeness (QED) is 0.777. The van der Waals surface area contributed by atoms with Gasteiger partial charge in [-0.1, -0.05) is 12.1 Å². The van der Waals surface area contributed by atoms with Crippen molar-refractivity contribution >= 4 is 5.82 Å². The van der Waals surface area contributed by atoms with Crippen molar-refractivity contribution < 1.29 is 13.2 Å². The highest BCUT2D eigenvalue weighted by Crippen LogP contribution is 2.36. The Morgan fingerprint density at radius 3 is 2.61 bits per heavy atom. The van der Waals surface area contributed by atoms with Crippen LogP contribution in [0, 0.1) is 17.5 Å². The first-order valence-electron chi connectivity index (χ1n) is 7.21. The minimum Gasteiger partial charge on any atom is -0.369 e. The van der Waals surface area contributed by atoms with Crippen LogP contribution in [0.1, 0.15) is 5.56 Å². The van der Waals surface area contributed by atoms with Crippen LogP contribution in [0.25, 0.3) is 16.9 Å². The molecule has 2 aromatic carbocycles. The predicted molar refractivity (Wildman–Crippen MR) is 81.1 cm³/mol. The fourth-order valence-corrected chi connectivity index (χ4v) is 2.87. The van der Waals surface area contributed by atoms with Gasteiger partial charge in [-0.3, -0.25) is 0 Å². The average molecular weight is 315 g/mol. The van der Waals surface area contributed by atoms with E-state index in [0.29, 0.717) is 30.0 Å². The highest BCUT2D eigenvalue weighted by atomic mass is 19.1. The average Bonchev–Trinajstić information content (AvgIpc) is 3.11. The van der Waals surface area contributed by atoms with Gasteiger partial charge in [0.1, 0.15) is 28.8 Å². The van der Waals surface area contributed by atoms with Crippen molar-refractivity contribution in [1.29, 1.82) is 0 Å². The molecule has 1 aliphatic rings. The largest absolute Gasteiger partial charge is 0.369 e. The molecule has 2 heterocycles. The lowest BCUT2D eigenvalue weighted by Gasteiger charge is -2.07. The second kappa shape index (κ2) is 5.15. The summed E-state index contributed by atoms with van der Waals surface area (Å²) in [6.07, 6.45) is 0.668. The van der Waals surface area contributed by atoms with E-state index in [4.69, 9.17) is 0 Å². The minimum atomic E-state index is -0.718. The van der Waals surface area contributed by atoms with Crippen LogP contribution in [0.5, 0.6) is 0 Å². The molecule has 0 amide bonds. The normalized spacial score (nSPS) is 13.0. The third kappa shape index (κ3) is 2.18. The van der Waals surface area contributed by atoms with Crippen molar-refractivity contribution in [1.82, 2.24) is 9.78 Å². The Kier molecular flexibility index (Phi) is 3.11. The molecule has 0 bridgehead atoms. The van der Waals surface area contributed by atoms with E-state index >= 15 is 0 Å². The van der Waals surface area contributed by atoms with Crippen molar-refractivity contribution in [2.75, 3.05) is 11.9 Å². The highest BCUT2D eigenvalue weighted by Gasteiger charge is 2.26. The fourth-order valence-electron chi connectivity index (χ4n) is 2.87. The summed E-state index contributed by atoms with van der Waals surface area (Å²) in [7, 11) is 0. The fraction of sp³-hybridized carbons (Fsp3) is 0.118. The van der Waals surface area contributed by atoms with Crippen LogP contribution in [-0.4, -0.2) is 16.3 Å². The molecule has 0 aliphatic carbocycles. The number of fused-ring (bicyclic) bond motifs is 1. The van der Waals surface area contributed by atoms with E-state index in [0.717, 1.165) is 11.6 Å². The van der Waals surface area contributed by atoms with E-state index in [2.05, 4.69) is 10.4 Å². The van der Waals surface area contributed by atoms with Gasteiger partial charge in [-0.25, -0.2) is 17.9 Å². The van der Waals surface area contributed by atoms with Gasteiger partial charge in [-0.2, -0.15) is 5.10 Å². The van der Waals surface area contributed by atoms with Crippen LogP contribution >= 0.6 is 0 Å². The Bertz CT molecular complexity index is 902. The van der Waals surface area contributed by atoms with E-state index in [1.807, 2.05) is 0 Å². The van der Waals surface area contributed by atoms with Crippen LogP contribution in [-0.2, 0) is 6.42 Å². The number of hydrogen-bond acceptors (Lipinski definition) is 2. The van der Waals surface area contributed by atoms with Gasteiger partial charge in [0.2, 0.25) is 0 Å². The van der Waals surface area contributed by atoms with E-state index < -0.39 is 11.6 Å². The summed E-state index contributed by atoms with van der Waals surface area (Å²) in [5, 5.41) is 7.51. The Labute approximate surface area is 130 Å². The van der Waals surface area contributed by atoms with Crippen LogP contribution in [0.3, 0.4) is 0 Å². The second-order valence-corrected chi connectivity index (χ2v) is 5.34. The molecule has 1 aliphatic heterocycles. The maximum Gasteiger partial charge on any atom is 0.151 e. The van der Waals surface area contributed by atoms with Gasteiger partial charge in [-0.15, -0.1) is 0 Å². The van der Waals surface area contributed by atoms with E-state index in [9.17, 15) is 13.2 Å². The molecule has 6 heteroatoms. The molecule has 4 rings (SSSR count). The van der Waals surface area contributed by atoms with E-state index in [1.165, 1.54) is 22.9 Å². The molecule has 0 spiro atoms. The van der Waals surface area contributed by atoms with E-state index in [1.54, 1.807) is 18.2 Å². The first-order valence-corrected chi connectivity index (χ1v) is 7.21. The zero-order chi connectivity index (χ0) is 16.0. The number of nitrogens with zero attached hydrogens (tertiary/aromatic N) is 2. The molecule has 0 radical (unpaired) electrons. The monoisotopic (exact) mass is 315 g/mol. The number of hydrogen-bond donors (Lipinski definition) is 1. The molecular weight excluding hydrogens is 303 g/mol. The third-order valence-corrected chi connectivity index (χ3v) is 3.92. The second-order valence-electron chi connectivity index (χ2n) is 5.34. The van der Waals surface area contributed by atoms with Crippen molar-refractivity contribution in [3.63, 3.8) is 0 Å². The molecule has 3 aromatic rings. The van der Waals surface area contributed by atoms with E-state index in [-0.39, 0.29) is 11.5 Å². The lowest BCUT2D eigenvalue weighted by molar-refractivity contribution is 0.574.